The van der Waals surface area contributed by atoms with E-state index in [1.54, 1.807) is 6.07 Å². The van der Waals surface area contributed by atoms with Crippen LogP contribution in [-0.4, -0.2) is 29.7 Å². The van der Waals surface area contributed by atoms with E-state index >= 15 is 0 Å². The first kappa shape index (κ1) is 17.7. The van der Waals surface area contributed by atoms with Crippen molar-refractivity contribution in [2.24, 2.45) is 0 Å². The average Bonchev–Trinajstić information content (AvgIpc) is 2.94. The molecule has 5 heteroatoms. The van der Waals surface area contributed by atoms with Crippen molar-refractivity contribution in [1.29, 1.82) is 0 Å². The second-order valence-electron chi connectivity index (χ2n) is 6.74. The van der Waals surface area contributed by atoms with Crippen LogP contribution in [0.5, 0.6) is 0 Å². The number of hydrogen-bond acceptors (Lipinski definition) is 3. The Balaban J connectivity index is 1.47. The summed E-state index contributed by atoms with van der Waals surface area (Å²) in [5.74, 6) is -1.06. The van der Waals surface area contributed by atoms with E-state index in [1.165, 1.54) is 24.7 Å². The van der Waals surface area contributed by atoms with Crippen molar-refractivity contribution in [2.75, 3.05) is 12.4 Å². The number of rotatable bonds is 4. The quantitative estimate of drug-likeness (QED) is 0.711. The van der Waals surface area contributed by atoms with E-state index in [2.05, 4.69) is 17.4 Å². The van der Waals surface area contributed by atoms with Crippen molar-refractivity contribution < 1.29 is 14.4 Å². The van der Waals surface area contributed by atoms with Gasteiger partial charge in [-0.25, -0.2) is 0 Å². The smallest absolute Gasteiger partial charge is 0.261 e. The van der Waals surface area contributed by atoms with Crippen LogP contribution in [0.2, 0.25) is 0 Å². The largest absolute Gasteiger partial charge is 0.322 e. The molecular weight excluding hydrogens is 352 g/mol. The van der Waals surface area contributed by atoms with E-state index in [4.69, 9.17) is 0 Å². The topological polar surface area (TPSA) is 66.5 Å². The molecule has 3 aromatic rings. The molecule has 3 amide bonds. The highest BCUT2D eigenvalue weighted by Crippen LogP contribution is 2.23. The van der Waals surface area contributed by atoms with Gasteiger partial charge in [0.1, 0.15) is 0 Å². The first-order valence-electron chi connectivity index (χ1n) is 8.93. The van der Waals surface area contributed by atoms with Crippen LogP contribution in [0.25, 0.3) is 0 Å². The van der Waals surface area contributed by atoms with Gasteiger partial charge in [0.05, 0.1) is 11.1 Å². The molecule has 4 rings (SSSR count). The second kappa shape index (κ2) is 7.12. The van der Waals surface area contributed by atoms with Crippen LogP contribution in [-0.2, 0) is 6.42 Å². The maximum absolute atomic E-state index is 12.5. The highest BCUT2D eigenvalue weighted by atomic mass is 16.2. The Hall–Kier alpha value is -3.73. The predicted molar refractivity (Wildman–Crippen MR) is 107 cm³/mol. The van der Waals surface area contributed by atoms with Crippen molar-refractivity contribution in [2.45, 2.75) is 6.42 Å². The Bertz CT molecular complexity index is 1070. The van der Waals surface area contributed by atoms with Crippen LogP contribution in [0, 0.1) is 0 Å². The number of anilines is 1. The summed E-state index contributed by atoms with van der Waals surface area (Å²) in [5, 5.41) is 2.83. The van der Waals surface area contributed by atoms with Crippen molar-refractivity contribution in [3.05, 3.63) is 101 Å². The number of benzene rings is 3. The molecule has 0 saturated carbocycles. The number of imide groups is 1. The zero-order chi connectivity index (χ0) is 19.7. The minimum atomic E-state index is -0.389. The lowest BCUT2D eigenvalue weighted by molar-refractivity contribution is 0.0693. The Morgan fingerprint density at radius 2 is 1.46 bits per heavy atom. The van der Waals surface area contributed by atoms with E-state index < -0.39 is 0 Å². The van der Waals surface area contributed by atoms with Crippen molar-refractivity contribution in [3.63, 3.8) is 0 Å². The van der Waals surface area contributed by atoms with Crippen LogP contribution >= 0.6 is 0 Å². The molecule has 5 nitrogen and oxygen atoms in total. The molecule has 28 heavy (non-hydrogen) atoms. The summed E-state index contributed by atoms with van der Waals surface area (Å²) in [6, 6.07) is 22.4. The Labute approximate surface area is 162 Å². The maximum Gasteiger partial charge on any atom is 0.261 e. The lowest BCUT2D eigenvalue weighted by atomic mass is 10.0. The SMILES string of the molecule is CN1C(=O)c2ccc(C(=O)Nc3ccc(Cc4ccccc4)cc3)cc2C1=O. The van der Waals surface area contributed by atoms with E-state index in [1.807, 2.05) is 42.5 Å². The highest BCUT2D eigenvalue weighted by molar-refractivity contribution is 6.22. The minimum Gasteiger partial charge on any atom is -0.322 e. The van der Waals surface area contributed by atoms with Gasteiger partial charge in [0, 0.05) is 18.3 Å². The molecule has 0 saturated heterocycles. The summed E-state index contributed by atoms with van der Waals surface area (Å²) in [7, 11) is 1.43. The third kappa shape index (κ3) is 3.30. The lowest BCUT2D eigenvalue weighted by Crippen LogP contribution is -2.24. The average molecular weight is 370 g/mol. The Morgan fingerprint density at radius 3 is 2.18 bits per heavy atom. The number of carbonyl (C=O) groups is 3. The Morgan fingerprint density at radius 1 is 0.821 bits per heavy atom. The van der Waals surface area contributed by atoms with Crippen molar-refractivity contribution in [1.82, 2.24) is 4.90 Å². The third-order valence-electron chi connectivity index (χ3n) is 4.81. The van der Waals surface area contributed by atoms with Crippen LogP contribution in [0.4, 0.5) is 5.69 Å². The monoisotopic (exact) mass is 370 g/mol. The van der Waals surface area contributed by atoms with Crippen LogP contribution in [0.15, 0.2) is 72.8 Å². The number of hydrogen-bond donors (Lipinski definition) is 1. The highest BCUT2D eigenvalue weighted by Gasteiger charge is 2.33. The molecule has 0 atom stereocenters. The molecule has 1 N–H and O–H groups in total. The standard InChI is InChI=1S/C23H18N2O3/c1-25-22(27)19-12-9-17(14-20(19)23(25)28)21(26)24-18-10-7-16(8-11-18)13-15-5-3-2-4-6-15/h2-12,14H,13H2,1H3,(H,24,26). The van der Waals surface area contributed by atoms with E-state index in [-0.39, 0.29) is 23.3 Å². The molecule has 0 aliphatic carbocycles. The Kier molecular flexibility index (Phi) is 4.49. The molecular formula is C23H18N2O3. The number of amides is 3. The first-order chi connectivity index (χ1) is 13.5. The fraction of sp³-hybridized carbons (Fsp3) is 0.0870. The van der Waals surface area contributed by atoms with Gasteiger partial charge in [0.15, 0.2) is 0 Å². The van der Waals surface area contributed by atoms with Gasteiger partial charge in [-0.2, -0.15) is 0 Å². The molecule has 1 aliphatic rings. The normalized spacial score (nSPS) is 12.8. The van der Waals surface area contributed by atoms with Gasteiger partial charge in [-0.05, 0) is 47.9 Å². The minimum absolute atomic E-state index is 0.262. The summed E-state index contributed by atoms with van der Waals surface area (Å²) >= 11 is 0. The molecule has 1 heterocycles. The second-order valence-corrected chi connectivity index (χ2v) is 6.74. The molecule has 3 aromatic carbocycles. The number of nitrogens with one attached hydrogen (secondary N) is 1. The summed E-state index contributed by atoms with van der Waals surface area (Å²) < 4.78 is 0. The summed E-state index contributed by atoms with van der Waals surface area (Å²) in [6.07, 6.45) is 0.823. The first-order valence-corrected chi connectivity index (χ1v) is 8.93. The maximum atomic E-state index is 12.5. The van der Waals surface area contributed by atoms with Gasteiger partial charge in [-0.1, -0.05) is 42.5 Å². The fourth-order valence-corrected chi connectivity index (χ4v) is 3.24. The van der Waals surface area contributed by atoms with Gasteiger partial charge >= 0.3 is 0 Å². The predicted octanol–water partition coefficient (Wildman–Crippen LogP) is 3.76. The number of carbonyl (C=O) groups excluding carboxylic acids is 3. The zero-order valence-electron chi connectivity index (χ0n) is 15.3. The van der Waals surface area contributed by atoms with Gasteiger partial charge in [-0.15, -0.1) is 0 Å². The molecule has 0 radical (unpaired) electrons. The van der Waals surface area contributed by atoms with Crippen molar-refractivity contribution >= 4 is 23.4 Å². The number of nitrogens with zero attached hydrogens (tertiary/aromatic N) is 1. The van der Waals surface area contributed by atoms with Gasteiger partial charge in [0.2, 0.25) is 0 Å². The van der Waals surface area contributed by atoms with E-state index in [0.717, 1.165) is 16.9 Å². The summed E-state index contributed by atoms with van der Waals surface area (Å²) in [6.45, 7) is 0. The summed E-state index contributed by atoms with van der Waals surface area (Å²) in [5.41, 5.74) is 3.97. The van der Waals surface area contributed by atoms with E-state index in [9.17, 15) is 14.4 Å². The van der Waals surface area contributed by atoms with Crippen molar-refractivity contribution in [3.8, 4) is 0 Å². The molecule has 0 fully saturated rings. The van der Waals surface area contributed by atoms with Gasteiger partial charge in [0.25, 0.3) is 17.7 Å². The van der Waals surface area contributed by atoms with Crippen LogP contribution in [0.1, 0.15) is 42.2 Å². The lowest BCUT2D eigenvalue weighted by Gasteiger charge is -2.08. The van der Waals surface area contributed by atoms with Gasteiger partial charge < -0.3 is 5.32 Å². The summed E-state index contributed by atoms with van der Waals surface area (Å²) in [4.78, 5) is 37.6. The number of fused-ring (bicyclic) bond motifs is 1. The molecule has 0 aromatic heterocycles. The molecule has 0 spiro atoms. The van der Waals surface area contributed by atoms with Crippen LogP contribution < -0.4 is 5.32 Å². The fourth-order valence-electron chi connectivity index (χ4n) is 3.24. The van der Waals surface area contributed by atoms with Crippen LogP contribution in [0.3, 0.4) is 0 Å². The third-order valence-corrected chi connectivity index (χ3v) is 4.81. The van der Waals surface area contributed by atoms with Gasteiger partial charge in [-0.3, -0.25) is 19.3 Å². The molecule has 138 valence electrons. The molecule has 1 aliphatic heterocycles. The van der Waals surface area contributed by atoms with E-state index in [0.29, 0.717) is 16.8 Å². The molecule has 0 bridgehead atoms. The zero-order valence-corrected chi connectivity index (χ0v) is 15.3. The molecule has 0 unspecified atom stereocenters.